The van der Waals surface area contributed by atoms with E-state index in [1.807, 2.05) is 18.2 Å². The summed E-state index contributed by atoms with van der Waals surface area (Å²) in [6.45, 7) is 7.14. The number of nitrogens with one attached hydrogen (secondary N) is 1. The minimum absolute atomic E-state index is 0.0538. The van der Waals surface area contributed by atoms with Crippen LogP contribution in [0.15, 0.2) is 53.6 Å². The van der Waals surface area contributed by atoms with Crippen molar-refractivity contribution in [1.82, 2.24) is 5.32 Å². The van der Waals surface area contributed by atoms with Crippen LogP contribution >= 0.6 is 0 Å². The number of aliphatic hydroxyl groups is 1. The molecule has 0 saturated carbocycles. The number of fused-ring (bicyclic) bond motifs is 1. The molecule has 0 atom stereocenters. The van der Waals surface area contributed by atoms with Crippen LogP contribution in [0.5, 0.6) is 0 Å². The summed E-state index contributed by atoms with van der Waals surface area (Å²) in [5.41, 5.74) is 4.99. The van der Waals surface area contributed by atoms with Crippen LogP contribution in [0.25, 0.3) is 16.8 Å². The largest absolute Gasteiger partial charge is 0.395 e. The maximum absolute atomic E-state index is 12.0. The smallest absolute Gasteiger partial charge is 0.251 e. The average molecular weight is 364 g/mol. The molecule has 0 heterocycles. The highest BCUT2D eigenvalue weighted by Gasteiger charge is 2.26. The predicted molar refractivity (Wildman–Crippen MR) is 113 cm³/mol. The molecule has 1 amide bonds. The molecule has 0 fully saturated rings. The molecular formula is C24H29NO2. The molecule has 0 spiro atoms. The molecule has 0 radical (unpaired) electrons. The van der Waals surface area contributed by atoms with E-state index in [9.17, 15) is 4.79 Å². The summed E-state index contributed by atoms with van der Waals surface area (Å²) < 4.78 is 0. The first-order valence-electron chi connectivity index (χ1n) is 9.72. The standard InChI is InChI=1S/C24H29NO2/c1-17-5-4-12-24(2,3)22(17)11-7-18-6-8-20-16-21(10-9-19(20)15-18)23(27)25-13-14-26/h6-11,15-16,26H,4-5,12-14H2,1-3H3,(H,25,27). The van der Waals surface area contributed by atoms with E-state index in [4.69, 9.17) is 5.11 Å². The van der Waals surface area contributed by atoms with Gasteiger partial charge in [0.25, 0.3) is 5.91 Å². The summed E-state index contributed by atoms with van der Waals surface area (Å²) in [5, 5.41) is 13.7. The molecule has 3 nitrogen and oxygen atoms in total. The summed E-state index contributed by atoms with van der Waals surface area (Å²) in [6, 6.07) is 12.0. The quantitative estimate of drug-likeness (QED) is 0.776. The minimum atomic E-state index is -0.156. The lowest BCUT2D eigenvalue weighted by molar-refractivity contribution is 0.0945. The van der Waals surface area contributed by atoms with Gasteiger partial charge < -0.3 is 10.4 Å². The number of allylic oxidation sites excluding steroid dienone is 3. The lowest BCUT2D eigenvalue weighted by Crippen LogP contribution is -2.26. The third-order valence-corrected chi connectivity index (χ3v) is 5.51. The third-order valence-electron chi connectivity index (χ3n) is 5.51. The highest BCUT2D eigenvalue weighted by Crippen LogP contribution is 2.41. The third kappa shape index (κ3) is 4.48. The number of hydrogen-bond donors (Lipinski definition) is 2. The Bertz CT molecular complexity index is 906. The fraction of sp³-hybridized carbons (Fsp3) is 0.375. The Morgan fingerprint density at radius 2 is 1.89 bits per heavy atom. The zero-order valence-electron chi connectivity index (χ0n) is 16.5. The van der Waals surface area contributed by atoms with E-state index in [-0.39, 0.29) is 24.5 Å². The monoisotopic (exact) mass is 363 g/mol. The normalized spacial score (nSPS) is 16.9. The first-order valence-corrected chi connectivity index (χ1v) is 9.72. The highest BCUT2D eigenvalue weighted by atomic mass is 16.3. The number of benzene rings is 2. The Kier molecular flexibility index (Phi) is 5.81. The molecule has 1 aliphatic rings. The van der Waals surface area contributed by atoms with Gasteiger partial charge >= 0.3 is 0 Å². The van der Waals surface area contributed by atoms with Crippen molar-refractivity contribution in [3.8, 4) is 0 Å². The molecule has 142 valence electrons. The van der Waals surface area contributed by atoms with Crippen LogP contribution in [-0.4, -0.2) is 24.2 Å². The number of rotatable bonds is 5. The highest BCUT2D eigenvalue weighted by molar-refractivity contribution is 5.98. The molecule has 0 aromatic heterocycles. The zero-order chi connectivity index (χ0) is 19.4. The van der Waals surface area contributed by atoms with Crippen LogP contribution < -0.4 is 5.32 Å². The van der Waals surface area contributed by atoms with Crippen molar-refractivity contribution < 1.29 is 9.90 Å². The van der Waals surface area contributed by atoms with E-state index in [0.29, 0.717) is 5.56 Å². The molecule has 1 aliphatic carbocycles. The van der Waals surface area contributed by atoms with Gasteiger partial charge in [-0.2, -0.15) is 0 Å². The van der Waals surface area contributed by atoms with Crippen LogP contribution in [-0.2, 0) is 0 Å². The second kappa shape index (κ2) is 8.10. The van der Waals surface area contributed by atoms with E-state index in [0.717, 1.165) is 10.8 Å². The summed E-state index contributed by atoms with van der Waals surface area (Å²) in [5.74, 6) is -0.156. The van der Waals surface area contributed by atoms with Crippen molar-refractivity contribution in [1.29, 1.82) is 0 Å². The van der Waals surface area contributed by atoms with Crippen molar-refractivity contribution in [3.05, 3.63) is 64.7 Å². The topological polar surface area (TPSA) is 49.3 Å². The van der Waals surface area contributed by atoms with E-state index in [1.165, 1.54) is 36.0 Å². The lowest BCUT2D eigenvalue weighted by atomic mass is 9.72. The van der Waals surface area contributed by atoms with Gasteiger partial charge in [0, 0.05) is 12.1 Å². The summed E-state index contributed by atoms with van der Waals surface area (Å²) in [6.07, 6.45) is 8.20. The van der Waals surface area contributed by atoms with Gasteiger partial charge in [-0.25, -0.2) is 0 Å². The van der Waals surface area contributed by atoms with Gasteiger partial charge in [0.05, 0.1) is 6.61 Å². The summed E-state index contributed by atoms with van der Waals surface area (Å²) in [7, 11) is 0. The SMILES string of the molecule is CC1=C(C=Cc2ccc3cc(C(=O)NCCO)ccc3c2)C(C)(C)CCC1. The summed E-state index contributed by atoms with van der Waals surface area (Å²) >= 11 is 0. The Labute approximate surface area is 161 Å². The van der Waals surface area contributed by atoms with Crippen molar-refractivity contribution in [2.45, 2.75) is 40.0 Å². The Hall–Kier alpha value is -2.39. The number of amides is 1. The zero-order valence-corrected chi connectivity index (χ0v) is 16.5. The number of carbonyl (C=O) groups is 1. The van der Waals surface area contributed by atoms with Crippen LogP contribution in [0.1, 0.15) is 56.0 Å². The van der Waals surface area contributed by atoms with Gasteiger partial charge in [-0.05, 0) is 71.7 Å². The van der Waals surface area contributed by atoms with Crippen molar-refractivity contribution >= 4 is 22.8 Å². The maximum atomic E-state index is 12.0. The average Bonchev–Trinajstić information content (AvgIpc) is 2.64. The first kappa shape index (κ1) is 19.4. The van der Waals surface area contributed by atoms with Gasteiger partial charge in [-0.3, -0.25) is 4.79 Å². The molecule has 27 heavy (non-hydrogen) atoms. The van der Waals surface area contributed by atoms with Gasteiger partial charge in [0.2, 0.25) is 0 Å². The molecule has 3 rings (SSSR count). The number of aliphatic hydroxyl groups excluding tert-OH is 1. The molecule has 2 aromatic rings. The van der Waals surface area contributed by atoms with Crippen molar-refractivity contribution in [2.24, 2.45) is 5.41 Å². The fourth-order valence-electron chi connectivity index (χ4n) is 3.97. The van der Waals surface area contributed by atoms with Gasteiger partial charge in [0.15, 0.2) is 0 Å². The molecule has 0 saturated heterocycles. The summed E-state index contributed by atoms with van der Waals surface area (Å²) in [4.78, 5) is 12.0. The molecule has 0 aliphatic heterocycles. The molecular weight excluding hydrogens is 334 g/mol. The molecule has 2 N–H and O–H groups in total. The lowest BCUT2D eigenvalue weighted by Gasteiger charge is -2.32. The first-order chi connectivity index (χ1) is 12.9. The van der Waals surface area contributed by atoms with Gasteiger partial charge in [-0.1, -0.05) is 49.8 Å². The Morgan fingerprint density at radius 3 is 2.63 bits per heavy atom. The predicted octanol–water partition coefficient (Wildman–Crippen LogP) is 5.10. The Morgan fingerprint density at radius 1 is 1.15 bits per heavy atom. The molecule has 3 heteroatoms. The minimum Gasteiger partial charge on any atom is -0.395 e. The van der Waals surface area contributed by atoms with Crippen LogP contribution in [0.3, 0.4) is 0 Å². The van der Waals surface area contributed by atoms with Crippen molar-refractivity contribution in [3.63, 3.8) is 0 Å². The molecule has 2 aromatic carbocycles. The van der Waals surface area contributed by atoms with E-state index in [2.05, 4.69) is 56.4 Å². The van der Waals surface area contributed by atoms with Crippen LogP contribution in [0.2, 0.25) is 0 Å². The van der Waals surface area contributed by atoms with E-state index < -0.39 is 0 Å². The maximum Gasteiger partial charge on any atom is 0.251 e. The second-order valence-corrected chi connectivity index (χ2v) is 8.07. The van der Waals surface area contributed by atoms with E-state index in [1.54, 1.807) is 0 Å². The number of carbonyl (C=O) groups excluding carboxylic acids is 1. The van der Waals surface area contributed by atoms with Crippen LogP contribution in [0, 0.1) is 5.41 Å². The molecule has 0 unspecified atom stereocenters. The molecule has 0 bridgehead atoms. The van der Waals surface area contributed by atoms with Gasteiger partial charge in [0.1, 0.15) is 0 Å². The fourth-order valence-corrected chi connectivity index (χ4v) is 3.97. The Balaban J connectivity index is 1.84. The van der Waals surface area contributed by atoms with E-state index >= 15 is 0 Å². The number of hydrogen-bond acceptors (Lipinski definition) is 2. The van der Waals surface area contributed by atoms with Gasteiger partial charge in [-0.15, -0.1) is 0 Å². The van der Waals surface area contributed by atoms with Crippen LogP contribution in [0.4, 0.5) is 0 Å². The van der Waals surface area contributed by atoms with Crippen molar-refractivity contribution in [2.75, 3.05) is 13.2 Å². The second-order valence-electron chi connectivity index (χ2n) is 8.07.